The van der Waals surface area contributed by atoms with Crippen LogP contribution in [0.1, 0.15) is 43.9 Å². The number of aromatic amines is 1. The number of hydrogen-bond donors (Lipinski definition) is 1. The molecule has 0 aliphatic carbocycles. The molecule has 2 aromatic heterocycles. The number of rotatable bonds is 10. The SMILES string of the molecule is CCCc1nc(C(CC)(OC)OC)nn1Cc1ccc(-c2ccccc2-c2nn[nH]n2)cc1. The largest absolute Gasteiger partial charge is 0.347 e. The fourth-order valence-electron chi connectivity index (χ4n) is 3.95. The summed E-state index contributed by atoms with van der Waals surface area (Å²) in [5.74, 6) is 1.12. The van der Waals surface area contributed by atoms with Crippen LogP contribution >= 0.6 is 0 Å². The molecule has 2 heterocycles. The summed E-state index contributed by atoms with van der Waals surface area (Å²) in [6, 6.07) is 16.5. The van der Waals surface area contributed by atoms with Crippen LogP contribution in [0.2, 0.25) is 0 Å². The van der Waals surface area contributed by atoms with Crippen molar-refractivity contribution in [3.63, 3.8) is 0 Å². The second-order valence-electron chi connectivity index (χ2n) is 7.75. The number of nitrogens with zero attached hydrogens (tertiary/aromatic N) is 6. The number of hydrogen-bond acceptors (Lipinski definition) is 7. The Morgan fingerprint density at radius 1 is 0.970 bits per heavy atom. The van der Waals surface area contributed by atoms with Gasteiger partial charge in [0.05, 0.1) is 6.54 Å². The Bertz CT molecular complexity index is 1160. The average Bonchev–Trinajstić information content (AvgIpc) is 3.53. The number of ether oxygens (including phenoxy) is 2. The van der Waals surface area contributed by atoms with Crippen molar-refractivity contribution in [2.45, 2.75) is 45.4 Å². The molecule has 0 radical (unpaired) electrons. The smallest absolute Gasteiger partial charge is 0.231 e. The van der Waals surface area contributed by atoms with Crippen LogP contribution in [0.15, 0.2) is 48.5 Å². The van der Waals surface area contributed by atoms with Crippen LogP contribution < -0.4 is 0 Å². The van der Waals surface area contributed by atoms with Crippen LogP contribution in [-0.4, -0.2) is 49.6 Å². The van der Waals surface area contributed by atoms with Gasteiger partial charge in [-0.3, -0.25) is 0 Å². The van der Waals surface area contributed by atoms with Crippen LogP contribution in [0.5, 0.6) is 0 Å². The van der Waals surface area contributed by atoms with Gasteiger partial charge in [0, 0.05) is 32.6 Å². The quantitative estimate of drug-likeness (QED) is 0.367. The minimum atomic E-state index is -0.934. The normalized spacial score (nSPS) is 11.8. The molecule has 0 saturated carbocycles. The lowest BCUT2D eigenvalue weighted by Gasteiger charge is -2.26. The summed E-state index contributed by atoms with van der Waals surface area (Å²) in [5.41, 5.74) is 4.19. The minimum absolute atomic E-state index is 0.559. The van der Waals surface area contributed by atoms with E-state index in [0.29, 0.717) is 24.6 Å². The molecular formula is C24H29N7O2. The Hall–Kier alpha value is -3.43. The highest BCUT2D eigenvalue weighted by molar-refractivity contribution is 5.80. The zero-order chi connectivity index (χ0) is 23.3. The molecule has 0 unspecified atom stereocenters. The van der Waals surface area contributed by atoms with Crippen molar-refractivity contribution < 1.29 is 9.47 Å². The van der Waals surface area contributed by atoms with Gasteiger partial charge in [0.25, 0.3) is 0 Å². The number of H-pyrrole nitrogens is 1. The molecule has 172 valence electrons. The van der Waals surface area contributed by atoms with Gasteiger partial charge in [-0.05, 0) is 28.3 Å². The van der Waals surface area contributed by atoms with Crippen molar-refractivity contribution in [2.75, 3.05) is 14.2 Å². The molecule has 4 rings (SSSR count). The Labute approximate surface area is 193 Å². The highest BCUT2D eigenvalue weighted by Gasteiger charge is 2.35. The first kappa shape index (κ1) is 22.8. The van der Waals surface area contributed by atoms with Gasteiger partial charge in [0.1, 0.15) is 5.82 Å². The van der Waals surface area contributed by atoms with Crippen molar-refractivity contribution in [3.8, 4) is 22.5 Å². The van der Waals surface area contributed by atoms with Crippen molar-refractivity contribution in [2.24, 2.45) is 0 Å². The van der Waals surface area contributed by atoms with E-state index >= 15 is 0 Å². The number of tetrazole rings is 1. The van der Waals surface area contributed by atoms with Gasteiger partial charge in [0.2, 0.25) is 17.4 Å². The summed E-state index contributed by atoms with van der Waals surface area (Å²) >= 11 is 0. The Morgan fingerprint density at radius 3 is 2.30 bits per heavy atom. The zero-order valence-corrected chi connectivity index (χ0v) is 19.4. The topological polar surface area (TPSA) is 104 Å². The van der Waals surface area contributed by atoms with E-state index in [2.05, 4.69) is 57.9 Å². The maximum atomic E-state index is 5.65. The standard InChI is InChI=1S/C24H29N7O2/c1-5-9-21-25-23(24(6-2,32-3)33-4)28-31(21)16-17-12-14-18(15-13-17)19-10-7-8-11-20(19)22-26-29-30-27-22/h7-8,10-15H,5-6,9,16H2,1-4H3,(H,26,27,29,30). The molecule has 0 bridgehead atoms. The number of aromatic nitrogens is 7. The van der Waals surface area contributed by atoms with Crippen LogP contribution in [0, 0.1) is 0 Å². The molecule has 9 heteroatoms. The first-order valence-electron chi connectivity index (χ1n) is 11.1. The number of methoxy groups -OCH3 is 2. The number of benzene rings is 2. The van der Waals surface area contributed by atoms with E-state index in [1.165, 1.54) is 0 Å². The van der Waals surface area contributed by atoms with Gasteiger partial charge in [0.15, 0.2) is 0 Å². The van der Waals surface area contributed by atoms with Crippen LogP contribution in [0.4, 0.5) is 0 Å². The third kappa shape index (κ3) is 4.55. The summed E-state index contributed by atoms with van der Waals surface area (Å²) in [4.78, 5) is 4.77. The third-order valence-electron chi connectivity index (χ3n) is 5.80. The number of aryl methyl sites for hydroxylation is 1. The third-order valence-corrected chi connectivity index (χ3v) is 5.80. The van der Waals surface area contributed by atoms with Gasteiger partial charge in [-0.1, -0.05) is 62.4 Å². The summed E-state index contributed by atoms with van der Waals surface area (Å²) in [6.45, 7) is 4.75. The van der Waals surface area contributed by atoms with E-state index in [1.54, 1.807) is 14.2 Å². The lowest BCUT2D eigenvalue weighted by atomic mass is 9.98. The van der Waals surface area contributed by atoms with E-state index in [-0.39, 0.29) is 0 Å². The zero-order valence-electron chi connectivity index (χ0n) is 19.4. The van der Waals surface area contributed by atoms with E-state index in [9.17, 15) is 0 Å². The summed E-state index contributed by atoms with van der Waals surface area (Å²) in [5, 5.41) is 19.2. The van der Waals surface area contributed by atoms with Gasteiger partial charge >= 0.3 is 0 Å². The highest BCUT2D eigenvalue weighted by Crippen LogP contribution is 2.30. The van der Waals surface area contributed by atoms with Crippen LogP contribution in [0.25, 0.3) is 22.5 Å². The lowest BCUT2D eigenvalue weighted by Crippen LogP contribution is -2.31. The van der Waals surface area contributed by atoms with Crippen molar-refractivity contribution >= 4 is 0 Å². The summed E-state index contributed by atoms with van der Waals surface area (Å²) in [7, 11) is 3.25. The molecule has 4 aromatic rings. The molecule has 9 nitrogen and oxygen atoms in total. The summed E-state index contributed by atoms with van der Waals surface area (Å²) in [6.07, 6.45) is 2.42. The van der Waals surface area contributed by atoms with Crippen LogP contribution in [-0.2, 0) is 28.2 Å². The lowest BCUT2D eigenvalue weighted by molar-refractivity contribution is -0.222. The monoisotopic (exact) mass is 447 g/mol. The van der Waals surface area contributed by atoms with Crippen molar-refractivity contribution in [1.82, 2.24) is 35.4 Å². The first-order valence-corrected chi connectivity index (χ1v) is 11.1. The maximum absolute atomic E-state index is 5.65. The fraction of sp³-hybridized carbons (Fsp3) is 0.375. The second kappa shape index (κ2) is 10.0. The predicted octanol–water partition coefficient (Wildman–Crippen LogP) is 3.98. The Kier molecular flexibility index (Phi) is 6.90. The van der Waals surface area contributed by atoms with Crippen LogP contribution in [0.3, 0.4) is 0 Å². The molecular weight excluding hydrogens is 418 g/mol. The molecule has 2 aromatic carbocycles. The molecule has 0 amide bonds. The molecule has 1 N–H and O–H groups in total. The van der Waals surface area contributed by atoms with Gasteiger partial charge in [-0.25, -0.2) is 9.67 Å². The minimum Gasteiger partial charge on any atom is -0.347 e. The van der Waals surface area contributed by atoms with Crippen molar-refractivity contribution in [1.29, 1.82) is 0 Å². The first-order chi connectivity index (χ1) is 16.1. The number of nitrogens with one attached hydrogen (secondary N) is 1. The van der Waals surface area contributed by atoms with E-state index < -0.39 is 5.79 Å². The highest BCUT2D eigenvalue weighted by atomic mass is 16.7. The Morgan fingerprint density at radius 2 is 1.70 bits per heavy atom. The van der Waals surface area contributed by atoms with Gasteiger partial charge < -0.3 is 9.47 Å². The Balaban J connectivity index is 1.62. The average molecular weight is 448 g/mol. The van der Waals surface area contributed by atoms with Gasteiger partial charge in [-0.2, -0.15) is 5.21 Å². The molecule has 0 atom stereocenters. The molecule has 0 aliphatic heterocycles. The van der Waals surface area contributed by atoms with E-state index in [1.807, 2.05) is 29.8 Å². The van der Waals surface area contributed by atoms with Crippen molar-refractivity contribution in [3.05, 3.63) is 65.7 Å². The molecule has 33 heavy (non-hydrogen) atoms. The molecule has 0 spiro atoms. The van der Waals surface area contributed by atoms with Gasteiger partial charge in [-0.15, -0.1) is 15.3 Å². The van der Waals surface area contributed by atoms with E-state index in [0.717, 1.165) is 40.9 Å². The second-order valence-corrected chi connectivity index (χ2v) is 7.75. The van der Waals surface area contributed by atoms with E-state index in [4.69, 9.17) is 19.6 Å². The molecule has 0 aliphatic rings. The fourth-order valence-corrected chi connectivity index (χ4v) is 3.95. The molecule has 0 fully saturated rings. The summed E-state index contributed by atoms with van der Waals surface area (Å²) < 4.78 is 13.2. The molecule has 0 saturated heterocycles. The maximum Gasteiger partial charge on any atom is 0.231 e. The predicted molar refractivity (Wildman–Crippen MR) is 124 cm³/mol.